The van der Waals surface area contributed by atoms with Gasteiger partial charge in [-0.3, -0.25) is 9.03 Å². The van der Waals surface area contributed by atoms with Gasteiger partial charge >= 0.3 is 0 Å². The van der Waals surface area contributed by atoms with Gasteiger partial charge in [0.2, 0.25) is 0 Å². The van der Waals surface area contributed by atoms with Crippen LogP contribution in [0.15, 0.2) is 52.9 Å². The van der Waals surface area contributed by atoms with Crippen molar-refractivity contribution in [3.8, 4) is 0 Å². The van der Waals surface area contributed by atoms with Gasteiger partial charge in [0, 0.05) is 24.1 Å². The van der Waals surface area contributed by atoms with Crippen LogP contribution in [0.2, 0.25) is 0 Å². The Kier molecular flexibility index (Phi) is 5.06. The molecule has 25 heavy (non-hydrogen) atoms. The highest BCUT2D eigenvalue weighted by atomic mass is 35.5. The Morgan fingerprint density at radius 2 is 2.08 bits per heavy atom. The number of sulfonamides is 1. The second kappa shape index (κ2) is 6.95. The molecule has 4 rings (SSSR count). The first kappa shape index (κ1) is 18.2. The van der Waals surface area contributed by atoms with Crippen LogP contribution in [-0.4, -0.2) is 19.3 Å². The number of benzene rings is 1. The van der Waals surface area contributed by atoms with Crippen LogP contribution < -0.4 is 14.8 Å². The summed E-state index contributed by atoms with van der Waals surface area (Å²) in [5, 5.41) is 3.31. The second-order valence-electron chi connectivity index (χ2n) is 5.89. The lowest BCUT2D eigenvalue weighted by Gasteiger charge is -2.25. The molecule has 0 spiro atoms. The number of halogens is 1. The van der Waals surface area contributed by atoms with E-state index in [9.17, 15) is 8.42 Å². The molecule has 0 saturated heterocycles. The first-order valence-corrected chi connectivity index (χ1v) is 9.97. The Morgan fingerprint density at radius 1 is 1.24 bits per heavy atom. The van der Waals surface area contributed by atoms with Gasteiger partial charge in [0.15, 0.2) is 0 Å². The molecule has 0 fully saturated rings. The van der Waals surface area contributed by atoms with Crippen LogP contribution in [0.4, 0.5) is 5.69 Å². The van der Waals surface area contributed by atoms with Crippen molar-refractivity contribution in [2.45, 2.75) is 19.9 Å². The van der Waals surface area contributed by atoms with Crippen molar-refractivity contribution in [1.82, 2.24) is 14.3 Å². The van der Waals surface area contributed by atoms with Crippen molar-refractivity contribution in [2.24, 2.45) is 0 Å². The molecule has 1 aromatic carbocycles. The topological polar surface area (TPSA) is 73.5 Å². The third-order valence-electron chi connectivity index (χ3n) is 4.24. The number of nitrogens with zero attached hydrogens (tertiary/aromatic N) is 1. The van der Waals surface area contributed by atoms with Crippen LogP contribution in [0, 0.1) is 0 Å². The van der Waals surface area contributed by atoms with E-state index in [0.29, 0.717) is 11.4 Å². The minimum Gasteiger partial charge on any atom is -0.316 e. The zero-order chi connectivity index (χ0) is 16.7. The Morgan fingerprint density at radius 3 is 2.92 bits per heavy atom. The average molecular weight is 399 g/mol. The van der Waals surface area contributed by atoms with Crippen molar-refractivity contribution in [1.29, 1.82) is 0 Å². The van der Waals surface area contributed by atoms with Gasteiger partial charge in [-0.05, 0) is 55.3 Å². The summed E-state index contributed by atoms with van der Waals surface area (Å²) >= 11 is 1.36. The molecule has 0 saturated carbocycles. The molecule has 3 aliphatic heterocycles. The first-order chi connectivity index (χ1) is 11.5. The van der Waals surface area contributed by atoms with E-state index in [4.69, 9.17) is 0 Å². The molecule has 0 aromatic heterocycles. The van der Waals surface area contributed by atoms with Crippen molar-refractivity contribution in [2.75, 3.05) is 11.3 Å². The summed E-state index contributed by atoms with van der Waals surface area (Å²) in [5.74, 6) is 0. The van der Waals surface area contributed by atoms with Crippen molar-refractivity contribution in [3.05, 3.63) is 64.0 Å². The summed E-state index contributed by atoms with van der Waals surface area (Å²) in [6, 6.07) is 5.74. The fourth-order valence-corrected chi connectivity index (χ4v) is 5.01. The molecule has 6 nitrogen and oxygen atoms in total. The van der Waals surface area contributed by atoms with E-state index in [1.54, 1.807) is 12.3 Å². The van der Waals surface area contributed by atoms with E-state index in [0.717, 1.165) is 25.2 Å². The van der Waals surface area contributed by atoms with Crippen molar-refractivity contribution in [3.63, 3.8) is 0 Å². The summed E-state index contributed by atoms with van der Waals surface area (Å²) in [5.41, 5.74) is 4.66. The number of nitrogens with one attached hydrogen (secondary N) is 3. The van der Waals surface area contributed by atoms with Crippen LogP contribution in [-0.2, 0) is 23.0 Å². The molecule has 3 heterocycles. The molecule has 0 atom stereocenters. The minimum atomic E-state index is -3.65. The lowest BCUT2D eigenvalue weighted by atomic mass is 10.0. The summed E-state index contributed by atoms with van der Waals surface area (Å²) in [7, 11) is -3.65. The second-order valence-corrected chi connectivity index (χ2v) is 8.32. The summed E-state index contributed by atoms with van der Waals surface area (Å²) in [4.78, 5) is 0.269. The Bertz CT molecular complexity index is 893. The van der Waals surface area contributed by atoms with E-state index in [-0.39, 0.29) is 17.3 Å². The minimum absolute atomic E-state index is 0. The predicted molar refractivity (Wildman–Crippen MR) is 104 cm³/mol. The highest BCUT2D eigenvalue weighted by Crippen LogP contribution is 2.37. The molecule has 3 N–H and O–H groups in total. The molecular formula is C16H19ClN4O2S2. The molecule has 0 bridgehead atoms. The third kappa shape index (κ3) is 3.39. The van der Waals surface area contributed by atoms with Crippen LogP contribution in [0.25, 0.3) is 0 Å². The number of hydrogen-bond donors (Lipinski definition) is 3. The van der Waals surface area contributed by atoms with E-state index < -0.39 is 10.0 Å². The van der Waals surface area contributed by atoms with E-state index in [1.807, 2.05) is 35.5 Å². The summed E-state index contributed by atoms with van der Waals surface area (Å²) in [6.07, 6.45) is 6.08. The van der Waals surface area contributed by atoms with Crippen LogP contribution in [0.1, 0.15) is 18.1 Å². The fourth-order valence-electron chi connectivity index (χ4n) is 3.00. The molecule has 0 unspecified atom stereocenters. The SMILES string of the molecule is CC1=CC=C(S(=O)(=O)Nc2ccc3c(c2)CCNC3)C2=CNSN12.Cl. The van der Waals surface area contributed by atoms with E-state index >= 15 is 0 Å². The van der Waals surface area contributed by atoms with Gasteiger partial charge in [0.1, 0.15) is 4.91 Å². The first-order valence-electron chi connectivity index (χ1n) is 7.72. The van der Waals surface area contributed by atoms with Crippen LogP contribution in [0.5, 0.6) is 0 Å². The summed E-state index contributed by atoms with van der Waals surface area (Å²) < 4.78 is 33.3. The van der Waals surface area contributed by atoms with Gasteiger partial charge in [-0.2, -0.15) is 0 Å². The number of rotatable bonds is 3. The van der Waals surface area contributed by atoms with E-state index in [2.05, 4.69) is 14.8 Å². The van der Waals surface area contributed by atoms with Gasteiger partial charge in [0.05, 0.1) is 17.8 Å². The normalized spacial score (nSPS) is 18.8. The van der Waals surface area contributed by atoms with Crippen LogP contribution in [0.3, 0.4) is 0 Å². The molecular weight excluding hydrogens is 380 g/mol. The molecule has 0 amide bonds. The van der Waals surface area contributed by atoms with Gasteiger partial charge < -0.3 is 10.0 Å². The highest BCUT2D eigenvalue weighted by molar-refractivity contribution is 7.97. The molecule has 1 aromatic rings. The standard InChI is InChI=1S/C16H18N4O2S2.ClH/c1-11-2-5-16(15-10-18-23-20(11)15)24(21,22)19-14-4-3-13-9-17-7-6-12(13)8-14;/h2-5,8,10,17-19H,6-7,9H2,1H3;1H. The smallest absolute Gasteiger partial charge is 0.264 e. The maximum Gasteiger partial charge on any atom is 0.264 e. The zero-order valence-corrected chi connectivity index (χ0v) is 16.0. The number of hydrogen-bond acceptors (Lipinski definition) is 6. The van der Waals surface area contributed by atoms with Gasteiger partial charge in [-0.1, -0.05) is 6.07 Å². The lowest BCUT2D eigenvalue weighted by Crippen LogP contribution is -2.25. The molecule has 0 aliphatic carbocycles. The van der Waals surface area contributed by atoms with Gasteiger partial charge in [-0.25, -0.2) is 8.42 Å². The zero-order valence-electron chi connectivity index (χ0n) is 13.6. The van der Waals surface area contributed by atoms with Gasteiger partial charge in [0.25, 0.3) is 10.0 Å². The maximum atomic E-state index is 12.8. The Hall–Kier alpha value is -1.61. The largest absolute Gasteiger partial charge is 0.316 e. The Labute approximate surface area is 158 Å². The van der Waals surface area contributed by atoms with Crippen molar-refractivity contribution >= 4 is 40.3 Å². The third-order valence-corrected chi connectivity index (χ3v) is 6.56. The highest BCUT2D eigenvalue weighted by Gasteiger charge is 2.31. The number of anilines is 1. The molecule has 134 valence electrons. The van der Waals surface area contributed by atoms with Gasteiger partial charge in [-0.15, -0.1) is 12.4 Å². The number of allylic oxidation sites excluding steroid dienone is 3. The monoisotopic (exact) mass is 398 g/mol. The fraction of sp³-hybridized carbons (Fsp3) is 0.250. The maximum absolute atomic E-state index is 12.8. The summed E-state index contributed by atoms with van der Waals surface area (Å²) in [6.45, 7) is 3.70. The molecule has 0 radical (unpaired) electrons. The van der Waals surface area contributed by atoms with Crippen LogP contribution >= 0.6 is 24.5 Å². The van der Waals surface area contributed by atoms with Crippen molar-refractivity contribution < 1.29 is 8.42 Å². The average Bonchev–Trinajstić information content (AvgIpc) is 3.05. The van der Waals surface area contributed by atoms with E-state index in [1.165, 1.54) is 23.3 Å². The predicted octanol–water partition coefficient (Wildman–Crippen LogP) is 2.61. The lowest BCUT2D eigenvalue weighted by molar-refractivity contribution is 0.604. The molecule has 9 heteroatoms. The Balaban J connectivity index is 0.00000182. The molecule has 3 aliphatic rings. The quantitative estimate of drug-likeness (QED) is 0.680. The number of fused-ring (bicyclic) bond motifs is 2.